The highest BCUT2D eigenvalue weighted by molar-refractivity contribution is 9.10. The Hall–Kier alpha value is -0.900. The first-order chi connectivity index (χ1) is 10.3. The Kier molecular flexibility index (Phi) is 4.94. The van der Waals surface area contributed by atoms with Gasteiger partial charge in [0, 0.05) is 17.1 Å². The predicted molar refractivity (Wildman–Crippen MR) is 91.7 cm³/mol. The van der Waals surface area contributed by atoms with Crippen molar-refractivity contribution in [2.24, 2.45) is 0 Å². The summed E-state index contributed by atoms with van der Waals surface area (Å²) in [5.41, 5.74) is 1.38. The van der Waals surface area contributed by atoms with Crippen LogP contribution >= 0.6 is 15.9 Å². The minimum atomic E-state index is 0.357. The lowest BCUT2D eigenvalue weighted by molar-refractivity contribution is 0.0949. The summed E-state index contributed by atoms with van der Waals surface area (Å²) < 4.78 is 7.00. The Morgan fingerprint density at radius 3 is 2.76 bits per heavy atom. The molecule has 3 heteroatoms. The fourth-order valence-electron chi connectivity index (χ4n) is 3.25. The number of halogens is 1. The molecular weight excluding hydrogens is 326 g/mol. The van der Waals surface area contributed by atoms with Crippen LogP contribution < -0.4 is 5.32 Å². The molecule has 1 aliphatic rings. The van der Waals surface area contributed by atoms with Crippen molar-refractivity contribution in [1.29, 1.82) is 0 Å². The van der Waals surface area contributed by atoms with Crippen molar-refractivity contribution < 1.29 is 4.74 Å². The Morgan fingerprint density at radius 2 is 2.05 bits per heavy atom. The minimum Gasteiger partial charge on any atom is -0.378 e. The molecule has 0 spiro atoms. The highest BCUT2D eigenvalue weighted by atomic mass is 79.9. The summed E-state index contributed by atoms with van der Waals surface area (Å²) in [6.45, 7) is 4.07. The Morgan fingerprint density at radius 1 is 1.24 bits per heavy atom. The van der Waals surface area contributed by atoms with Crippen molar-refractivity contribution in [2.45, 2.75) is 38.3 Å². The molecule has 2 atom stereocenters. The molecule has 1 heterocycles. The van der Waals surface area contributed by atoms with Gasteiger partial charge in [0.1, 0.15) is 0 Å². The van der Waals surface area contributed by atoms with Crippen molar-refractivity contribution in [3.05, 3.63) is 46.4 Å². The molecule has 2 aromatic rings. The van der Waals surface area contributed by atoms with Gasteiger partial charge in [-0.2, -0.15) is 0 Å². The van der Waals surface area contributed by atoms with Gasteiger partial charge in [-0.05, 0) is 48.2 Å². The normalized spacial score (nSPS) is 20.0. The summed E-state index contributed by atoms with van der Waals surface area (Å²) in [4.78, 5) is 0. The molecule has 2 unspecified atom stereocenters. The van der Waals surface area contributed by atoms with Crippen molar-refractivity contribution >= 4 is 26.7 Å². The Bertz CT molecular complexity index is 607. The maximum absolute atomic E-state index is 5.84. The van der Waals surface area contributed by atoms with Crippen LogP contribution in [0.1, 0.15) is 37.8 Å². The first-order valence-corrected chi connectivity index (χ1v) is 8.61. The second kappa shape index (κ2) is 6.91. The van der Waals surface area contributed by atoms with Crippen molar-refractivity contribution in [2.75, 3.05) is 13.2 Å². The van der Waals surface area contributed by atoms with Crippen LogP contribution in [0, 0.1) is 0 Å². The van der Waals surface area contributed by atoms with E-state index in [0.29, 0.717) is 12.1 Å². The number of fused-ring (bicyclic) bond motifs is 1. The maximum Gasteiger partial charge on any atom is 0.0594 e. The number of hydrogen-bond acceptors (Lipinski definition) is 2. The van der Waals surface area contributed by atoms with Gasteiger partial charge in [-0.1, -0.05) is 53.2 Å². The Balaban J connectivity index is 1.96. The molecule has 0 radical (unpaired) electrons. The molecule has 0 bridgehead atoms. The zero-order chi connectivity index (χ0) is 14.7. The maximum atomic E-state index is 5.84. The first-order valence-electron chi connectivity index (χ1n) is 7.81. The SMILES string of the molecule is CCNC(CC1CCCO1)c1ccc(Br)c2ccccc12. The molecular formula is C18H22BrNO. The zero-order valence-corrected chi connectivity index (χ0v) is 14.0. The summed E-state index contributed by atoms with van der Waals surface area (Å²) in [6, 6.07) is 13.4. The molecule has 1 fully saturated rings. The number of rotatable bonds is 5. The molecule has 1 N–H and O–H groups in total. The van der Waals surface area contributed by atoms with Crippen LogP contribution in [0.3, 0.4) is 0 Å². The van der Waals surface area contributed by atoms with Crippen LogP contribution in [-0.4, -0.2) is 19.3 Å². The van der Waals surface area contributed by atoms with Gasteiger partial charge < -0.3 is 10.1 Å². The molecule has 112 valence electrons. The molecule has 0 saturated carbocycles. The van der Waals surface area contributed by atoms with E-state index in [0.717, 1.165) is 24.0 Å². The lowest BCUT2D eigenvalue weighted by atomic mass is 9.94. The molecule has 1 saturated heterocycles. The summed E-state index contributed by atoms with van der Waals surface area (Å²) in [7, 11) is 0. The quantitative estimate of drug-likeness (QED) is 0.836. The van der Waals surface area contributed by atoms with Gasteiger partial charge in [0.2, 0.25) is 0 Å². The topological polar surface area (TPSA) is 21.3 Å². The number of hydrogen-bond donors (Lipinski definition) is 1. The summed E-state index contributed by atoms with van der Waals surface area (Å²) in [5, 5.41) is 6.25. The monoisotopic (exact) mass is 347 g/mol. The molecule has 2 nitrogen and oxygen atoms in total. The van der Waals surface area contributed by atoms with E-state index >= 15 is 0 Å². The van der Waals surface area contributed by atoms with Crippen LogP contribution in [0.2, 0.25) is 0 Å². The van der Waals surface area contributed by atoms with Gasteiger partial charge in [-0.15, -0.1) is 0 Å². The van der Waals surface area contributed by atoms with E-state index in [9.17, 15) is 0 Å². The number of ether oxygens (including phenoxy) is 1. The van der Waals surface area contributed by atoms with E-state index < -0.39 is 0 Å². The van der Waals surface area contributed by atoms with Gasteiger partial charge >= 0.3 is 0 Å². The second-order valence-electron chi connectivity index (χ2n) is 5.66. The van der Waals surface area contributed by atoms with E-state index in [2.05, 4.69) is 64.6 Å². The van der Waals surface area contributed by atoms with E-state index in [1.54, 1.807) is 0 Å². The van der Waals surface area contributed by atoms with Crippen LogP contribution in [0.5, 0.6) is 0 Å². The van der Waals surface area contributed by atoms with Crippen LogP contribution in [0.4, 0.5) is 0 Å². The van der Waals surface area contributed by atoms with Gasteiger partial charge in [-0.3, -0.25) is 0 Å². The third-order valence-corrected chi connectivity index (χ3v) is 4.94. The van der Waals surface area contributed by atoms with Gasteiger partial charge in [0.05, 0.1) is 6.10 Å². The molecule has 0 amide bonds. The average molecular weight is 348 g/mol. The summed E-state index contributed by atoms with van der Waals surface area (Å²) >= 11 is 3.66. The van der Waals surface area contributed by atoms with Crippen LogP contribution in [0.25, 0.3) is 10.8 Å². The summed E-state index contributed by atoms with van der Waals surface area (Å²) in [5.74, 6) is 0. The lowest BCUT2D eigenvalue weighted by Gasteiger charge is -2.23. The summed E-state index contributed by atoms with van der Waals surface area (Å²) in [6.07, 6.45) is 3.84. The molecule has 1 aliphatic heterocycles. The van der Waals surface area contributed by atoms with E-state index in [4.69, 9.17) is 4.74 Å². The van der Waals surface area contributed by atoms with Crippen LogP contribution in [-0.2, 0) is 4.74 Å². The second-order valence-corrected chi connectivity index (χ2v) is 6.52. The van der Waals surface area contributed by atoms with E-state index in [-0.39, 0.29) is 0 Å². The van der Waals surface area contributed by atoms with Crippen molar-refractivity contribution in [3.63, 3.8) is 0 Å². The number of benzene rings is 2. The fourth-order valence-corrected chi connectivity index (χ4v) is 3.73. The predicted octanol–water partition coefficient (Wildman–Crippen LogP) is 4.82. The molecule has 21 heavy (non-hydrogen) atoms. The van der Waals surface area contributed by atoms with Crippen LogP contribution in [0.15, 0.2) is 40.9 Å². The third-order valence-electron chi connectivity index (χ3n) is 4.25. The third kappa shape index (κ3) is 3.31. The molecule has 0 aromatic heterocycles. The minimum absolute atomic E-state index is 0.357. The largest absolute Gasteiger partial charge is 0.378 e. The lowest BCUT2D eigenvalue weighted by Crippen LogP contribution is -2.25. The first kappa shape index (κ1) is 15.0. The van der Waals surface area contributed by atoms with Gasteiger partial charge in [-0.25, -0.2) is 0 Å². The highest BCUT2D eigenvalue weighted by Crippen LogP contribution is 2.33. The fraction of sp³-hybridized carbons (Fsp3) is 0.444. The number of nitrogens with one attached hydrogen (secondary N) is 1. The zero-order valence-electron chi connectivity index (χ0n) is 12.4. The van der Waals surface area contributed by atoms with Gasteiger partial charge in [0.15, 0.2) is 0 Å². The molecule has 3 rings (SSSR count). The Labute approximate surface area is 135 Å². The standard InChI is InChI=1S/C18H22BrNO/c1-2-20-18(12-13-6-5-11-21-13)16-9-10-17(19)15-8-4-3-7-14(15)16/h3-4,7-10,13,18,20H,2,5-6,11-12H2,1H3. The van der Waals surface area contributed by atoms with E-state index in [1.165, 1.54) is 29.2 Å². The van der Waals surface area contributed by atoms with Crippen molar-refractivity contribution in [3.8, 4) is 0 Å². The molecule has 0 aliphatic carbocycles. The smallest absolute Gasteiger partial charge is 0.0594 e. The van der Waals surface area contributed by atoms with Gasteiger partial charge in [0.25, 0.3) is 0 Å². The van der Waals surface area contributed by atoms with Crippen molar-refractivity contribution in [1.82, 2.24) is 5.32 Å². The van der Waals surface area contributed by atoms with E-state index in [1.807, 2.05) is 0 Å². The average Bonchev–Trinajstić information content (AvgIpc) is 3.01. The highest BCUT2D eigenvalue weighted by Gasteiger charge is 2.22. The molecule has 2 aromatic carbocycles.